The van der Waals surface area contributed by atoms with E-state index in [0.717, 1.165) is 17.4 Å². The molecule has 1 aliphatic heterocycles. The van der Waals surface area contributed by atoms with Gasteiger partial charge in [-0.2, -0.15) is 0 Å². The van der Waals surface area contributed by atoms with Gasteiger partial charge in [0.05, 0.1) is 29.6 Å². The Kier molecular flexibility index (Phi) is 5.24. The fraction of sp³-hybridized carbons (Fsp3) is 0.429. The van der Waals surface area contributed by atoms with Gasteiger partial charge < -0.3 is 14.7 Å². The second-order valence-corrected chi connectivity index (χ2v) is 6.52. The molecule has 0 aromatic carbocycles. The number of hydrogen-bond donors (Lipinski definition) is 1. The minimum absolute atomic E-state index is 0.0392. The standard InChI is InChI=1S/C14H15BrClN5O2/c15-10-3-19-14(20-4-10)21-2-1-9(12(22)7-21)8-23-11-5-17-13(16)18-6-11/h3-6,9,12,22H,1-2,7-8H2/t9-,12+/m1/s1. The predicted molar refractivity (Wildman–Crippen MR) is 88.6 cm³/mol. The molecule has 0 saturated carbocycles. The van der Waals surface area contributed by atoms with Crippen LogP contribution in [0.5, 0.6) is 5.75 Å². The van der Waals surface area contributed by atoms with Crippen LogP contribution in [0.25, 0.3) is 0 Å². The third kappa shape index (κ3) is 4.27. The monoisotopic (exact) mass is 399 g/mol. The maximum absolute atomic E-state index is 10.3. The summed E-state index contributed by atoms with van der Waals surface area (Å²) in [6, 6.07) is 0. The van der Waals surface area contributed by atoms with E-state index in [9.17, 15) is 5.11 Å². The van der Waals surface area contributed by atoms with E-state index in [-0.39, 0.29) is 11.2 Å². The van der Waals surface area contributed by atoms with Crippen LogP contribution < -0.4 is 9.64 Å². The Hall–Kier alpha value is -1.51. The topological polar surface area (TPSA) is 84.3 Å². The number of hydrogen-bond acceptors (Lipinski definition) is 7. The smallest absolute Gasteiger partial charge is 0.225 e. The lowest BCUT2D eigenvalue weighted by molar-refractivity contribution is 0.0611. The number of anilines is 1. The number of aliphatic hydroxyl groups excluding tert-OH is 1. The Morgan fingerprint density at radius 1 is 1.22 bits per heavy atom. The molecule has 23 heavy (non-hydrogen) atoms. The average Bonchev–Trinajstić information content (AvgIpc) is 2.56. The molecule has 0 bridgehead atoms. The number of β-amino-alcohol motifs (C(OH)–C–C–N with tert-alkyl or cyclic N) is 1. The molecule has 0 aliphatic carbocycles. The second kappa shape index (κ2) is 7.37. The number of aliphatic hydroxyl groups is 1. The van der Waals surface area contributed by atoms with Crippen molar-refractivity contribution in [1.29, 1.82) is 0 Å². The largest absolute Gasteiger partial charge is 0.490 e. The van der Waals surface area contributed by atoms with Gasteiger partial charge in [0.1, 0.15) is 0 Å². The molecule has 122 valence electrons. The van der Waals surface area contributed by atoms with Crippen molar-refractivity contribution in [3.63, 3.8) is 0 Å². The van der Waals surface area contributed by atoms with E-state index in [0.29, 0.717) is 24.8 Å². The maximum Gasteiger partial charge on any atom is 0.225 e. The molecule has 2 atom stereocenters. The van der Waals surface area contributed by atoms with E-state index < -0.39 is 6.10 Å². The van der Waals surface area contributed by atoms with Crippen molar-refractivity contribution in [3.8, 4) is 5.75 Å². The minimum Gasteiger partial charge on any atom is -0.490 e. The fourth-order valence-electron chi connectivity index (χ4n) is 2.40. The van der Waals surface area contributed by atoms with E-state index >= 15 is 0 Å². The number of ether oxygens (including phenoxy) is 1. The highest BCUT2D eigenvalue weighted by molar-refractivity contribution is 9.10. The van der Waals surface area contributed by atoms with Gasteiger partial charge in [-0.05, 0) is 34.0 Å². The predicted octanol–water partition coefficient (Wildman–Crippen LogP) is 1.95. The van der Waals surface area contributed by atoms with Crippen LogP contribution in [0.2, 0.25) is 5.28 Å². The summed E-state index contributed by atoms with van der Waals surface area (Å²) in [5, 5.41) is 10.5. The quantitative estimate of drug-likeness (QED) is 0.785. The molecule has 0 unspecified atom stereocenters. The van der Waals surface area contributed by atoms with Crippen LogP contribution in [0.3, 0.4) is 0 Å². The zero-order valence-electron chi connectivity index (χ0n) is 12.1. The molecule has 1 aliphatic rings. The summed E-state index contributed by atoms with van der Waals surface area (Å²) >= 11 is 8.94. The van der Waals surface area contributed by atoms with E-state index in [4.69, 9.17) is 16.3 Å². The lowest BCUT2D eigenvalue weighted by Gasteiger charge is -2.35. The second-order valence-electron chi connectivity index (χ2n) is 5.26. The molecule has 3 heterocycles. The third-order valence-corrected chi connectivity index (χ3v) is 4.28. The Morgan fingerprint density at radius 2 is 1.91 bits per heavy atom. The number of halogens is 2. The Labute approximate surface area is 146 Å². The van der Waals surface area contributed by atoms with Crippen LogP contribution >= 0.6 is 27.5 Å². The molecule has 2 aromatic heterocycles. The summed E-state index contributed by atoms with van der Waals surface area (Å²) in [4.78, 5) is 18.2. The molecule has 0 radical (unpaired) electrons. The van der Waals surface area contributed by atoms with Crippen LogP contribution in [0, 0.1) is 5.92 Å². The number of rotatable bonds is 4. The summed E-state index contributed by atoms with van der Waals surface area (Å²) in [6.45, 7) is 1.65. The van der Waals surface area contributed by atoms with Gasteiger partial charge in [-0.1, -0.05) is 0 Å². The molecule has 0 amide bonds. The number of piperidine rings is 1. The normalized spacial score (nSPS) is 21.3. The molecular weight excluding hydrogens is 386 g/mol. The van der Waals surface area contributed by atoms with E-state index in [1.54, 1.807) is 12.4 Å². The number of nitrogens with zero attached hydrogens (tertiary/aromatic N) is 5. The molecule has 0 spiro atoms. The lowest BCUT2D eigenvalue weighted by atomic mass is 9.95. The summed E-state index contributed by atoms with van der Waals surface area (Å²) in [6.07, 6.45) is 6.72. The van der Waals surface area contributed by atoms with Crippen molar-refractivity contribution in [3.05, 3.63) is 34.5 Å². The average molecular weight is 401 g/mol. The maximum atomic E-state index is 10.3. The highest BCUT2D eigenvalue weighted by Gasteiger charge is 2.29. The molecule has 3 rings (SSSR count). The van der Waals surface area contributed by atoms with Crippen LogP contribution in [0.1, 0.15) is 6.42 Å². The van der Waals surface area contributed by atoms with Gasteiger partial charge in [-0.3, -0.25) is 0 Å². The molecule has 7 nitrogen and oxygen atoms in total. The van der Waals surface area contributed by atoms with Crippen molar-refractivity contribution in [1.82, 2.24) is 19.9 Å². The van der Waals surface area contributed by atoms with Crippen molar-refractivity contribution in [2.24, 2.45) is 5.92 Å². The summed E-state index contributed by atoms with van der Waals surface area (Å²) < 4.78 is 6.46. The number of aromatic nitrogens is 4. The van der Waals surface area contributed by atoms with E-state index in [1.807, 2.05) is 4.90 Å². The first-order valence-electron chi connectivity index (χ1n) is 7.13. The van der Waals surface area contributed by atoms with Crippen LogP contribution in [-0.4, -0.2) is 50.8 Å². The first-order valence-corrected chi connectivity index (χ1v) is 8.30. The van der Waals surface area contributed by atoms with Gasteiger partial charge in [0.2, 0.25) is 11.2 Å². The zero-order valence-corrected chi connectivity index (χ0v) is 14.5. The molecule has 1 N–H and O–H groups in total. The fourth-order valence-corrected chi connectivity index (χ4v) is 2.71. The summed E-state index contributed by atoms with van der Waals surface area (Å²) in [5.74, 6) is 1.20. The Bertz CT molecular complexity index is 643. The van der Waals surface area contributed by atoms with Crippen LogP contribution in [0.15, 0.2) is 29.3 Å². The Morgan fingerprint density at radius 3 is 2.57 bits per heavy atom. The van der Waals surface area contributed by atoms with Crippen LogP contribution in [-0.2, 0) is 0 Å². The Balaban J connectivity index is 1.54. The van der Waals surface area contributed by atoms with E-state index in [1.165, 1.54) is 12.4 Å². The zero-order chi connectivity index (χ0) is 16.2. The lowest BCUT2D eigenvalue weighted by Crippen LogP contribution is -2.46. The van der Waals surface area contributed by atoms with Crippen molar-refractivity contribution in [2.75, 3.05) is 24.6 Å². The van der Waals surface area contributed by atoms with Crippen molar-refractivity contribution < 1.29 is 9.84 Å². The van der Waals surface area contributed by atoms with Crippen LogP contribution in [0.4, 0.5) is 5.95 Å². The van der Waals surface area contributed by atoms with Gasteiger partial charge in [-0.15, -0.1) is 0 Å². The summed E-state index contributed by atoms with van der Waals surface area (Å²) in [7, 11) is 0. The highest BCUT2D eigenvalue weighted by atomic mass is 79.9. The van der Waals surface area contributed by atoms with Crippen molar-refractivity contribution in [2.45, 2.75) is 12.5 Å². The highest BCUT2D eigenvalue weighted by Crippen LogP contribution is 2.22. The first kappa shape index (κ1) is 16.4. The van der Waals surface area contributed by atoms with Gasteiger partial charge >= 0.3 is 0 Å². The first-order chi connectivity index (χ1) is 11.1. The van der Waals surface area contributed by atoms with Gasteiger partial charge in [-0.25, -0.2) is 19.9 Å². The molecule has 2 aromatic rings. The minimum atomic E-state index is -0.510. The van der Waals surface area contributed by atoms with Crippen molar-refractivity contribution >= 4 is 33.5 Å². The van der Waals surface area contributed by atoms with Gasteiger partial charge in [0.15, 0.2) is 5.75 Å². The van der Waals surface area contributed by atoms with Gasteiger partial charge in [0, 0.05) is 31.4 Å². The molecule has 1 fully saturated rings. The molecule has 9 heteroatoms. The molecular formula is C14H15BrClN5O2. The summed E-state index contributed by atoms with van der Waals surface area (Å²) in [5.41, 5.74) is 0. The third-order valence-electron chi connectivity index (χ3n) is 3.67. The van der Waals surface area contributed by atoms with E-state index in [2.05, 4.69) is 35.9 Å². The molecule has 1 saturated heterocycles. The SMILES string of the molecule is O[C@H]1CN(c2ncc(Br)cn2)CC[C@@H]1COc1cnc(Cl)nc1. The van der Waals surface area contributed by atoms with Gasteiger partial charge in [0.25, 0.3) is 0 Å².